The summed E-state index contributed by atoms with van der Waals surface area (Å²) in [6.45, 7) is 3.86. The van der Waals surface area contributed by atoms with Gasteiger partial charge in [-0.05, 0) is 47.7 Å². The summed E-state index contributed by atoms with van der Waals surface area (Å²) < 4.78 is 5.84. The van der Waals surface area contributed by atoms with Crippen molar-refractivity contribution < 1.29 is 9.53 Å². The highest BCUT2D eigenvalue weighted by molar-refractivity contribution is 7.99. The Kier molecular flexibility index (Phi) is 5.61. The van der Waals surface area contributed by atoms with Gasteiger partial charge in [-0.25, -0.2) is 0 Å². The van der Waals surface area contributed by atoms with Crippen molar-refractivity contribution >= 4 is 34.1 Å². The van der Waals surface area contributed by atoms with Crippen LogP contribution in [0, 0.1) is 0 Å². The molecule has 3 aromatic carbocycles. The Hall–Kier alpha value is -2.46. The lowest BCUT2D eigenvalue weighted by Crippen LogP contribution is -2.30. The normalized spacial score (nSPS) is 11.9. The van der Waals surface area contributed by atoms with Crippen molar-refractivity contribution in [3.05, 3.63) is 66.7 Å². The van der Waals surface area contributed by atoms with Crippen molar-refractivity contribution in [2.75, 3.05) is 11.1 Å². The molecule has 0 fully saturated rings. The third-order valence-electron chi connectivity index (χ3n) is 3.85. The van der Waals surface area contributed by atoms with Crippen LogP contribution in [0.25, 0.3) is 10.8 Å². The molecule has 0 spiro atoms. The quantitative estimate of drug-likeness (QED) is 0.608. The van der Waals surface area contributed by atoms with Gasteiger partial charge in [-0.1, -0.05) is 49.4 Å². The Morgan fingerprint density at radius 3 is 2.56 bits per heavy atom. The molecule has 3 aromatic rings. The minimum atomic E-state index is -0.583. The third-order valence-corrected chi connectivity index (χ3v) is 4.80. The van der Waals surface area contributed by atoms with Crippen LogP contribution in [0.1, 0.15) is 13.8 Å². The number of rotatable bonds is 6. The van der Waals surface area contributed by atoms with Gasteiger partial charge in [0.1, 0.15) is 5.75 Å². The lowest BCUT2D eigenvalue weighted by Gasteiger charge is -2.16. The maximum atomic E-state index is 12.5. The van der Waals surface area contributed by atoms with Gasteiger partial charge in [0.2, 0.25) is 0 Å². The number of para-hydroxylation sites is 1. The molecule has 0 saturated carbocycles. The lowest BCUT2D eigenvalue weighted by atomic mass is 10.1. The molecule has 0 saturated heterocycles. The van der Waals surface area contributed by atoms with E-state index in [4.69, 9.17) is 4.74 Å². The molecule has 25 heavy (non-hydrogen) atoms. The lowest BCUT2D eigenvalue weighted by molar-refractivity contribution is -0.122. The van der Waals surface area contributed by atoms with Crippen molar-refractivity contribution in [3.63, 3.8) is 0 Å². The molecule has 0 aliphatic heterocycles. The average molecular weight is 351 g/mol. The van der Waals surface area contributed by atoms with Crippen LogP contribution in [-0.2, 0) is 4.79 Å². The zero-order valence-electron chi connectivity index (χ0n) is 14.4. The SMILES string of the molecule is CCSc1ccccc1NC(=O)C(C)Oc1ccc2ccccc2c1. The highest BCUT2D eigenvalue weighted by Gasteiger charge is 2.16. The maximum Gasteiger partial charge on any atom is 0.265 e. The van der Waals surface area contributed by atoms with Crippen LogP contribution in [0.5, 0.6) is 5.75 Å². The fourth-order valence-corrected chi connectivity index (χ4v) is 3.34. The van der Waals surface area contributed by atoms with Crippen LogP contribution in [0.3, 0.4) is 0 Å². The number of thioether (sulfide) groups is 1. The summed E-state index contributed by atoms with van der Waals surface area (Å²) in [5.41, 5.74) is 0.827. The van der Waals surface area contributed by atoms with Crippen LogP contribution >= 0.6 is 11.8 Å². The van der Waals surface area contributed by atoms with E-state index in [1.807, 2.05) is 60.7 Å². The molecule has 1 atom stereocenters. The van der Waals surface area contributed by atoms with Gasteiger partial charge in [0, 0.05) is 4.90 Å². The van der Waals surface area contributed by atoms with Gasteiger partial charge in [-0.3, -0.25) is 4.79 Å². The molecule has 0 bridgehead atoms. The maximum absolute atomic E-state index is 12.5. The molecule has 0 aliphatic carbocycles. The predicted octanol–water partition coefficient (Wildman–Crippen LogP) is 5.36. The number of anilines is 1. The molecular weight excluding hydrogens is 330 g/mol. The Labute approximate surface area is 152 Å². The summed E-state index contributed by atoms with van der Waals surface area (Å²) >= 11 is 1.71. The van der Waals surface area contributed by atoms with E-state index in [2.05, 4.69) is 18.3 Å². The predicted molar refractivity (Wildman–Crippen MR) is 106 cm³/mol. The molecule has 3 rings (SSSR count). The topological polar surface area (TPSA) is 38.3 Å². The number of ether oxygens (including phenoxy) is 1. The number of nitrogens with one attached hydrogen (secondary N) is 1. The zero-order valence-corrected chi connectivity index (χ0v) is 15.2. The van der Waals surface area contributed by atoms with E-state index in [9.17, 15) is 4.79 Å². The average Bonchev–Trinajstić information content (AvgIpc) is 2.63. The molecular formula is C21H21NO2S. The van der Waals surface area contributed by atoms with Crippen LogP contribution in [0.2, 0.25) is 0 Å². The second-order valence-electron chi connectivity index (χ2n) is 5.69. The van der Waals surface area contributed by atoms with Crippen molar-refractivity contribution in [1.29, 1.82) is 0 Å². The summed E-state index contributed by atoms with van der Waals surface area (Å²) in [7, 11) is 0. The minimum Gasteiger partial charge on any atom is -0.481 e. The molecule has 4 heteroatoms. The number of hydrogen-bond donors (Lipinski definition) is 1. The number of amides is 1. The summed E-state index contributed by atoms with van der Waals surface area (Å²) in [5.74, 6) is 1.49. The molecule has 3 nitrogen and oxygen atoms in total. The van der Waals surface area contributed by atoms with E-state index in [0.29, 0.717) is 5.75 Å². The van der Waals surface area contributed by atoms with Crippen molar-refractivity contribution in [2.24, 2.45) is 0 Å². The Morgan fingerprint density at radius 1 is 1.04 bits per heavy atom. The smallest absolute Gasteiger partial charge is 0.265 e. The molecule has 1 unspecified atom stereocenters. The van der Waals surface area contributed by atoms with Gasteiger partial charge in [-0.15, -0.1) is 11.8 Å². The molecule has 0 radical (unpaired) electrons. The summed E-state index contributed by atoms with van der Waals surface area (Å²) in [6, 6.07) is 21.8. The van der Waals surface area contributed by atoms with Crippen LogP contribution < -0.4 is 10.1 Å². The largest absolute Gasteiger partial charge is 0.481 e. The first-order chi connectivity index (χ1) is 12.2. The van der Waals surface area contributed by atoms with Gasteiger partial charge < -0.3 is 10.1 Å². The van der Waals surface area contributed by atoms with Crippen LogP contribution in [0.15, 0.2) is 71.6 Å². The summed E-state index contributed by atoms with van der Waals surface area (Å²) in [4.78, 5) is 13.6. The number of carbonyl (C=O) groups is 1. The fourth-order valence-electron chi connectivity index (χ4n) is 2.58. The number of fused-ring (bicyclic) bond motifs is 1. The van der Waals surface area contributed by atoms with Gasteiger partial charge in [0.25, 0.3) is 5.91 Å². The fraction of sp³-hybridized carbons (Fsp3) is 0.190. The molecule has 0 heterocycles. The van der Waals surface area contributed by atoms with E-state index in [1.165, 1.54) is 0 Å². The van der Waals surface area contributed by atoms with E-state index >= 15 is 0 Å². The zero-order chi connectivity index (χ0) is 17.6. The Balaban J connectivity index is 1.69. The standard InChI is InChI=1S/C21H21NO2S/c1-3-25-20-11-7-6-10-19(20)22-21(23)15(2)24-18-13-12-16-8-4-5-9-17(16)14-18/h4-15H,3H2,1-2H3,(H,22,23). The van der Waals surface area contributed by atoms with E-state index in [0.717, 1.165) is 27.1 Å². The number of benzene rings is 3. The van der Waals surface area contributed by atoms with E-state index in [1.54, 1.807) is 18.7 Å². The molecule has 1 amide bonds. The Bertz CT molecular complexity index is 878. The number of hydrogen-bond acceptors (Lipinski definition) is 3. The van der Waals surface area contributed by atoms with Gasteiger partial charge >= 0.3 is 0 Å². The minimum absolute atomic E-state index is 0.155. The van der Waals surface area contributed by atoms with E-state index < -0.39 is 6.10 Å². The second-order valence-corrected chi connectivity index (χ2v) is 6.99. The van der Waals surface area contributed by atoms with Crippen LogP contribution in [-0.4, -0.2) is 17.8 Å². The first-order valence-electron chi connectivity index (χ1n) is 8.35. The van der Waals surface area contributed by atoms with Gasteiger partial charge in [0.05, 0.1) is 5.69 Å². The first-order valence-corrected chi connectivity index (χ1v) is 9.34. The Morgan fingerprint density at radius 2 is 1.76 bits per heavy atom. The first kappa shape index (κ1) is 17.4. The molecule has 0 aromatic heterocycles. The third kappa shape index (κ3) is 4.34. The van der Waals surface area contributed by atoms with Crippen molar-refractivity contribution in [3.8, 4) is 5.75 Å². The van der Waals surface area contributed by atoms with Crippen molar-refractivity contribution in [1.82, 2.24) is 0 Å². The van der Waals surface area contributed by atoms with Crippen molar-refractivity contribution in [2.45, 2.75) is 24.8 Å². The number of carbonyl (C=O) groups excluding carboxylic acids is 1. The van der Waals surface area contributed by atoms with E-state index in [-0.39, 0.29) is 5.91 Å². The second kappa shape index (κ2) is 8.08. The molecule has 128 valence electrons. The van der Waals surface area contributed by atoms with Crippen LogP contribution in [0.4, 0.5) is 5.69 Å². The van der Waals surface area contributed by atoms with Gasteiger partial charge in [0.15, 0.2) is 6.10 Å². The summed E-state index contributed by atoms with van der Waals surface area (Å²) in [5, 5.41) is 5.21. The highest BCUT2D eigenvalue weighted by atomic mass is 32.2. The monoisotopic (exact) mass is 351 g/mol. The summed E-state index contributed by atoms with van der Waals surface area (Å²) in [6.07, 6.45) is -0.583. The molecule has 1 N–H and O–H groups in total. The molecule has 0 aliphatic rings. The van der Waals surface area contributed by atoms with Gasteiger partial charge in [-0.2, -0.15) is 0 Å². The highest BCUT2D eigenvalue weighted by Crippen LogP contribution is 2.27.